The van der Waals surface area contributed by atoms with Crippen LogP contribution < -0.4 is 5.32 Å². The zero-order valence-corrected chi connectivity index (χ0v) is 16.9. The lowest BCUT2D eigenvalue weighted by Crippen LogP contribution is -2.38. The van der Waals surface area contributed by atoms with Gasteiger partial charge in [-0.05, 0) is 12.0 Å². The summed E-state index contributed by atoms with van der Waals surface area (Å²) in [7, 11) is 0. The number of hydrogen-bond donors (Lipinski definition) is 1. The van der Waals surface area contributed by atoms with E-state index in [0.29, 0.717) is 24.6 Å². The number of amides is 2. The second-order valence-electron chi connectivity index (χ2n) is 6.81. The molecule has 0 radical (unpaired) electrons. The number of aromatic nitrogens is 3. The van der Waals surface area contributed by atoms with Crippen LogP contribution in [0.4, 0.5) is 5.13 Å². The van der Waals surface area contributed by atoms with Crippen LogP contribution in [-0.4, -0.2) is 38.2 Å². The van der Waals surface area contributed by atoms with Gasteiger partial charge in [0.1, 0.15) is 5.69 Å². The van der Waals surface area contributed by atoms with E-state index in [4.69, 9.17) is 0 Å². The molecule has 0 saturated heterocycles. The third kappa shape index (κ3) is 4.17. The number of carbonyl (C=O) groups excluding carboxylic acids is 2. The van der Waals surface area contributed by atoms with Crippen LogP contribution in [0.1, 0.15) is 45.9 Å². The summed E-state index contributed by atoms with van der Waals surface area (Å²) in [6.45, 7) is 3.20. The van der Waals surface area contributed by atoms with Crippen molar-refractivity contribution in [1.29, 1.82) is 0 Å². The van der Waals surface area contributed by atoms with Gasteiger partial charge in [-0.15, -0.1) is 0 Å². The molecule has 2 aromatic heterocycles. The molecular weight excluding hydrogens is 386 g/mol. The topological polar surface area (TPSA) is 88.1 Å². The van der Waals surface area contributed by atoms with E-state index in [2.05, 4.69) is 20.3 Å². The lowest BCUT2D eigenvalue weighted by atomic mass is 9.94. The molecule has 8 heteroatoms. The number of anilines is 1. The molecule has 1 aromatic carbocycles. The lowest BCUT2D eigenvalue weighted by molar-refractivity contribution is -0.133. The minimum absolute atomic E-state index is 0.138. The van der Waals surface area contributed by atoms with E-state index in [1.165, 1.54) is 29.9 Å². The molecule has 1 atom stereocenters. The van der Waals surface area contributed by atoms with E-state index >= 15 is 0 Å². The summed E-state index contributed by atoms with van der Waals surface area (Å²) in [4.78, 5) is 40.8. The molecule has 2 amide bonds. The van der Waals surface area contributed by atoms with E-state index in [1.54, 1.807) is 0 Å². The summed E-state index contributed by atoms with van der Waals surface area (Å²) in [6, 6.07) is 9.91. The Morgan fingerprint density at radius 3 is 2.79 bits per heavy atom. The third-order valence-corrected chi connectivity index (χ3v) is 5.97. The summed E-state index contributed by atoms with van der Waals surface area (Å²) < 4.78 is 0. The molecule has 3 aromatic rings. The summed E-state index contributed by atoms with van der Waals surface area (Å²) in [5.41, 5.74) is 2.24. The highest BCUT2D eigenvalue weighted by Crippen LogP contribution is 2.31. The van der Waals surface area contributed by atoms with Gasteiger partial charge in [-0.25, -0.2) is 9.97 Å². The summed E-state index contributed by atoms with van der Waals surface area (Å²) >= 11 is 1.41. The molecule has 0 spiro atoms. The number of carbonyl (C=O) groups is 2. The number of nitrogens with zero attached hydrogens (tertiary/aromatic N) is 4. The molecule has 4 rings (SSSR count). The average Bonchev–Trinajstić information content (AvgIpc) is 3.17. The Morgan fingerprint density at radius 1 is 1.24 bits per heavy atom. The van der Waals surface area contributed by atoms with Crippen molar-refractivity contribution in [2.75, 3.05) is 11.9 Å². The molecule has 0 saturated carbocycles. The monoisotopic (exact) mass is 407 g/mol. The van der Waals surface area contributed by atoms with Crippen molar-refractivity contribution in [3.63, 3.8) is 0 Å². The Kier molecular flexibility index (Phi) is 5.62. The maximum absolute atomic E-state index is 13.1. The predicted octanol–water partition coefficient (Wildman–Crippen LogP) is 3.26. The smallest absolute Gasteiger partial charge is 0.277 e. The van der Waals surface area contributed by atoms with Gasteiger partial charge in [0, 0.05) is 30.2 Å². The van der Waals surface area contributed by atoms with E-state index in [9.17, 15) is 9.59 Å². The van der Waals surface area contributed by atoms with Crippen LogP contribution in [0.15, 0.2) is 48.9 Å². The maximum atomic E-state index is 13.1. The van der Waals surface area contributed by atoms with Gasteiger partial charge in [-0.2, -0.15) is 0 Å². The number of hydrogen-bond acceptors (Lipinski definition) is 6. The molecule has 1 aliphatic heterocycles. The summed E-state index contributed by atoms with van der Waals surface area (Å²) in [6.07, 6.45) is 5.85. The van der Waals surface area contributed by atoms with E-state index < -0.39 is 0 Å². The highest BCUT2D eigenvalue weighted by molar-refractivity contribution is 7.15. The Hall–Kier alpha value is -3.13. The zero-order chi connectivity index (χ0) is 20.2. The van der Waals surface area contributed by atoms with Gasteiger partial charge in [0.15, 0.2) is 5.13 Å². The highest BCUT2D eigenvalue weighted by Gasteiger charge is 2.29. The van der Waals surface area contributed by atoms with Crippen molar-refractivity contribution < 1.29 is 9.59 Å². The van der Waals surface area contributed by atoms with Crippen LogP contribution in [-0.2, 0) is 17.8 Å². The summed E-state index contributed by atoms with van der Waals surface area (Å²) in [5.74, 6) is -0.336. The van der Waals surface area contributed by atoms with E-state index in [0.717, 1.165) is 22.6 Å². The SMILES string of the molecule is CCC(C(=O)N1CCc2nc(NC(=O)c3cnccn3)sc2C1)c1ccccc1. The predicted molar refractivity (Wildman–Crippen MR) is 111 cm³/mol. The summed E-state index contributed by atoms with van der Waals surface area (Å²) in [5, 5.41) is 3.30. The minimum atomic E-state index is -0.341. The number of thiazole rings is 1. The number of nitrogens with one attached hydrogen (secondary N) is 1. The van der Waals surface area contributed by atoms with Crippen molar-refractivity contribution in [3.05, 3.63) is 70.8 Å². The molecule has 0 bridgehead atoms. The quantitative estimate of drug-likeness (QED) is 0.701. The molecule has 0 aliphatic carbocycles. The van der Waals surface area contributed by atoms with Crippen LogP contribution in [0.25, 0.3) is 0 Å². The van der Waals surface area contributed by atoms with Crippen molar-refractivity contribution in [3.8, 4) is 0 Å². The third-order valence-electron chi connectivity index (χ3n) is 4.97. The number of fused-ring (bicyclic) bond motifs is 1. The first-order valence-electron chi connectivity index (χ1n) is 9.55. The van der Waals surface area contributed by atoms with Crippen LogP contribution in [0.5, 0.6) is 0 Å². The fraction of sp³-hybridized carbons (Fsp3) is 0.286. The lowest BCUT2D eigenvalue weighted by Gasteiger charge is -2.29. The largest absolute Gasteiger partial charge is 0.337 e. The Morgan fingerprint density at radius 2 is 2.07 bits per heavy atom. The van der Waals surface area contributed by atoms with E-state index in [-0.39, 0.29) is 23.4 Å². The van der Waals surface area contributed by atoms with Gasteiger partial charge in [0.2, 0.25) is 5.91 Å². The van der Waals surface area contributed by atoms with Gasteiger partial charge in [0.05, 0.1) is 24.4 Å². The fourth-order valence-corrected chi connectivity index (χ4v) is 4.49. The Bertz CT molecular complexity index is 1010. The second kappa shape index (κ2) is 8.48. The van der Waals surface area contributed by atoms with Crippen molar-refractivity contribution in [1.82, 2.24) is 19.9 Å². The van der Waals surface area contributed by atoms with Crippen molar-refractivity contribution >= 4 is 28.3 Å². The van der Waals surface area contributed by atoms with Gasteiger partial charge >= 0.3 is 0 Å². The van der Waals surface area contributed by atoms with Gasteiger partial charge in [0.25, 0.3) is 5.91 Å². The fourth-order valence-electron chi connectivity index (χ4n) is 3.47. The first kappa shape index (κ1) is 19.2. The first-order valence-corrected chi connectivity index (χ1v) is 10.4. The van der Waals surface area contributed by atoms with Crippen LogP contribution in [0.2, 0.25) is 0 Å². The number of rotatable bonds is 5. The molecule has 3 heterocycles. The molecule has 1 unspecified atom stereocenters. The first-order chi connectivity index (χ1) is 14.2. The van der Waals surface area contributed by atoms with E-state index in [1.807, 2.05) is 42.2 Å². The minimum Gasteiger partial charge on any atom is -0.337 e. The van der Waals surface area contributed by atoms with Crippen LogP contribution in [0, 0.1) is 0 Å². The molecule has 1 aliphatic rings. The molecule has 7 nitrogen and oxygen atoms in total. The molecule has 148 valence electrons. The highest BCUT2D eigenvalue weighted by atomic mass is 32.1. The number of benzene rings is 1. The Labute approximate surface area is 172 Å². The molecule has 1 N–H and O–H groups in total. The van der Waals surface area contributed by atoms with Crippen LogP contribution in [0.3, 0.4) is 0 Å². The molecular formula is C21H21N5O2S. The maximum Gasteiger partial charge on any atom is 0.277 e. The Balaban J connectivity index is 1.46. The van der Waals surface area contributed by atoms with Gasteiger partial charge < -0.3 is 4.90 Å². The zero-order valence-electron chi connectivity index (χ0n) is 16.0. The van der Waals surface area contributed by atoms with Gasteiger partial charge in [-0.1, -0.05) is 48.6 Å². The average molecular weight is 407 g/mol. The second-order valence-corrected chi connectivity index (χ2v) is 7.90. The molecule has 29 heavy (non-hydrogen) atoms. The van der Waals surface area contributed by atoms with Crippen LogP contribution >= 0.6 is 11.3 Å². The molecule has 0 fully saturated rings. The van der Waals surface area contributed by atoms with Gasteiger partial charge in [-0.3, -0.25) is 19.9 Å². The standard InChI is InChI=1S/C21H21N5O2S/c1-2-15(14-6-4-3-5-7-14)20(28)26-11-8-16-18(13-26)29-21(24-16)25-19(27)17-12-22-9-10-23-17/h3-7,9-10,12,15H,2,8,11,13H2,1H3,(H,24,25,27). The normalized spacial score (nSPS) is 14.2. The van der Waals surface area contributed by atoms with Crippen molar-refractivity contribution in [2.24, 2.45) is 0 Å². The van der Waals surface area contributed by atoms with Crippen molar-refractivity contribution in [2.45, 2.75) is 32.2 Å².